The monoisotopic (exact) mass is 199 g/mol. The number of rotatable bonds is 0. The first-order valence-corrected chi connectivity index (χ1v) is 5.28. The summed E-state index contributed by atoms with van der Waals surface area (Å²) in [6, 6.07) is 0. The number of carbonyl (C=O) groups is 1. The van der Waals surface area contributed by atoms with Crippen LogP contribution in [0.5, 0.6) is 0 Å². The standard InChI is InChI=1S/C10H18N2O2/c1-12(2)6-3-5-10(8-12)11-9(13)4-7-14-10/h3-8H2,1-2H3/p+1. The zero-order chi connectivity index (χ0) is 10.2. The van der Waals surface area contributed by atoms with Gasteiger partial charge in [-0.1, -0.05) is 0 Å². The summed E-state index contributed by atoms with van der Waals surface area (Å²) in [5.74, 6) is 0.137. The van der Waals surface area contributed by atoms with Gasteiger partial charge in [0.2, 0.25) is 5.91 Å². The van der Waals surface area contributed by atoms with Gasteiger partial charge in [-0.25, -0.2) is 0 Å². The number of quaternary nitrogens is 1. The van der Waals surface area contributed by atoms with E-state index < -0.39 is 0 Å². The van der Waals surface area contributed by atoms with Gasteiger partial charge < -0.3 is 14.5 Å². The SMILES string of the molecule is C[N+]1(C)CCCC2(C1)NC(=O)CCO2. The van der Waals surface area contributed by atoms with Crippen LogP contribution in [0.2, 0.25) is 0 Å². The maximum Gasteiger partial charge on any atom is 0.224 e. The van der Waals surface area contributed by atoms with Gasteiger partial charge in [-0.15, -0.1) is 0 Å². The highest BCUT2D eigenvalue weighted by Gasteiger charge is 2.44. The predicted molar refractivity (Wildman–Crippen MR) is 52.5 cm³/mol. The Bertz CT molecular complexity index is 249. The van der Waals surface area contributed by atoms with E-state index in [9.17, 15) is 4.79 Å². The second-order valence-corrected chi connectivity index (χ2v) is 5.06. The number of amides is 1. The summed E-state index contributed by atoms with van der Waals surface area (Å²) < 4.78 is 6.70. The first-order valence-electron chi connectivity index (χ1n) is 5.28. The highest BCUT2D eigenvalue weighted by atomic mass is 16.5. The highest BCUT2D eigenvalue weighted by Crippen LogP contribution is 2.27. The number of hydrogen-bond acceptors (Lipinski definition) is 2. The molecular formula is C10H19N2O2+. The van der Waals surface area contributed by atoms with Crippen LogP contribution in [-0.4, -0.2) is 49.9 Å². The lowest BCUT2D eigenvalue weighted by atomic mass is 9.98. The fourth-order valence-electron chi connectivity index (χ4n) is 2.55. The molecule has 0 aromatic rings. The van der Waals surface area contributed by atoms with Crippen LogP contribution in [0.3, 0.4) is 0 Å². The lowest BCUT2D eigenvalue weighted by Gasteiger charge is -2.47. The van der Waals surface area contributed by atoms with Gasteiger partial charge in [0, 0.05) is 12.8 Å². The third-order valence-corrected chi connectivity index (χ3v) is 3.10. The first-order chi connectivity index (χ1) is 6.52. The molecule has 1 N–H and O–H groups in total. The molecule has 4 heteroatoms. The third-order valence-electron chi connectivity index (χ3n) is 3.10. The van der Waals surface area contributed by atoms with E-state index >= 15 is 0 Å². The number of carbonyl (C=O) groups excluding carboxylic acids is 1. The van der Waals surface area contributed by atoms with E-state index in [4.69, 9.17) is 4.74 Å². The summed E-state index contributed by atoms with van der Waals surface area (Å²) >= 11 is 0. The molecule has 1 atom stereocenters. The lowest BCUT2D eigenvalue weighted by Crippen LogP contribution is -2.66. The Morgan fingerprint density at radius 3 is 2.93 bits per heavy atom. The fraction of sp³-hybridized carbons (Fsp3) is 0.900. The molecule has 1 spiro atoms. The number of hydrogen-bond donors (Lipinski definition) is 1. The van der Waals surface area contributed by atoms with Crippen molar-refractivity contribution in [1.82, 2.24) is 5.32 Å². The van der Waals surface area contributed by atoms with Crippen LogP contribution in [-0.2, 0) is 9.53 Å². The average molecular weight is 199 g/mol. The van der Waals surface area contributed by atoms with Crippen LogP contribution in [0.25, 0.3) is 0 Å². The van der Waals surface area contributed by atoms with Crippen LogP contribution in [0.1, 0.15) is 19.3 Å². The Morgan fingerprint density at radius 1 is 1.50 bits per heavy atom. The second kappa shape index (κ2) is 3.21. The quantitative estimate of drug-likeness (QED) is 0.561. The molecular weight excluding hydrogens is 180 g/mol. The number of ether oxygens (including phenoxy) is 1. The molecule has 0 aromatic carbocycles. The molecule has 1 unspecified atom stereocenters. The van der Waals surface area contributed by atoms with E-state index in [-0.39, 0.29) is 11.6 Å². The molecule has 0 aromatic heterocycles. The van der Waals surface area contributed by atoms with Gasteiger partial charge in [0.05, 0.1) is 33.7 Å². The molecule has 14 heavy (non-hydrogen) atoms. The molecule has 0 bridgehead atoms. The Morgan fingerprint density at radius 2 is 2.29 bits per heavy atom. The number of likely N-dealkylation sites (tertiary alicyclic amines) is 1. The molecule has 2 heterocycles. The van der Waals surface area contributed by atoms with Crippen molar-refractivity contribution in [1.29, 1.82) is 0 Å². The molecule has 2 saturated heterocycles. The van der Waals surface area contributed by atoms with Crippen molar-refractivity contribution in [3.05, 3.63) is 0 Å². The summed E-state index contributed by atoms with van der Waals surface area (Å²) in [6.45, 7) is 2.63. The molecule has 4 nitrogen and oxygen atoms in total. The maximum absolute atomic E-state index is 11.3. The zero-order valence-electron chi connectivity index (χ0n) is 9.01. The van der Waals surface area contributed by atoms with Gasteiger partial charge in [0.15, 0.2) is 5.72 Å². The topological polar surface area (TPSA) is 38.3 Å². The largest absolute Gasteiger partial charge is 0.350 e. The smallest absolute Gasteiger partial charge is 0.224 e. The molecule has 0 aliphatic carbocycles. The minimum absolute atomic E-state index is 0.137. The van der Waals surface area contributed by atoms with Crippen molar-refractivity contribution < 1.29 is 14.0 Å². The zero-order valence-corrected chi connectivity index (χ0v) is 9.01. The Labute approximate surface area is 84.8 Å². The van der Waals surface area contributed by atoms with Crippen molar-refractivity contribution in [3.63, 3.8) is 0 Å². The maximum atomic E-state index is 11.3. The molecule has 2 aliphatic heterocycles. The number of nitrogens with one attached hydrogen (secondary N) is 1. The summed E-state index contributed by atoms with van der Waals surface area (Å²) in [7, 11) is 4.37. The number of likely N-dealkylation sites (N-methyl/N-ethyl adjacent to an activating group) is 1. The summed E-state index contributed by atoms with van der Waals surface area (Å²) in [5, 5.41) is 3.01. The normalized spacial score (nSPS) is 36.9. The van der Waals surface area contributed by atoms with Crippen LogP contribution >= 0.6 is 0 Å². The lowest BCUT2D eigenvalue weighted by molar-refractivity contribution is -0.903. The van der Waals surface area contributed by atoms with E-state index in [2.05, 4.69) is 19.4 Å². The molecule has 2 fully saturated rings. The van der Waals surface area contributed by atoms with E-state index in [0.717, 1.165) is 23.9 Å². The summed E-state index contributed by atoms with van der Waals surface area (Å²) in [4.78, 5) is 11.3. The van der Waals surface area contributed by atoms with Gasteiger partial charge >= 0.3 is 0 Å². The van der Waals surface area contributed by atoms with Gasteiger partial charge in [0.1, 0.15) is 6.54 Å². The molecule has 2 aliphatic rings. The first kappa shape index (κ1) is 9.93. The van der Waals surface area contributed by atoms with E-state index in [1.807, 2.05) is 0 Å². The Hall–Kier alpha value is -0.610. The number of piperidine rings is 1. The summed E-state index contributed by atoms with van der Waals surface area (Å²) in [6.07, 6.45) is 2.59. The van der Waals surface area contributed by atoms with Gasteiger partial charge in [-0.05, 0) is 0 Å². The minimum Gasteiger partial charge on any atom is -0.350 e. The van der Waals surface area contributed by atoms with Crippen LogP contribution in [0, 0.1) is 0 Å². The van der Waals surface area contributed by atoms with Crippen molar-refractivity contribution >= 4 is 5.91 Å². The van der Waals surface area contributed by atoms with E-state index in [0.29, 0.717) is 13.0 Å². The number of nitrogens with zero attached hydrogens (tertiary/aromatic N) is 1. The fourth-order valence-corrected chi connectivity index (χ4v) is 2.55. The molecule has 1 amide bonds. The van der Waals surface area contributed by atoms with Crippen molar-refractivity contribution in [2.45, 2.75) is 25.0 Å². The molecule has 2 rings (SSSR count). The Kier molecular flexibility index (Phi) is 2.27. The molecule has 0 radical (unpaired) electrons. The molecule has 0 saturated carbocycles. The molecule has 80 valence electrons. The van der Waals surface area contributed by atoms with E-state index in [1.54, 1.807) is 0 Å². The van der Waals surface area contributed by atoms with Gasteiger partial charge in [0.25, 0.3) is 0 Å². The van der Waals surface area contributed by atoms with Crippen LogP contribution in [0.15, 0.2) is 0 Å². The van der Waals surface area contributed by atoms with Crippen molar-refractivity contribution in [2.75, 3.05) is 33.8 Å². The predicted octanol–water partition coefficient (Wildman–Crippen LogP) is 0.0894. The minimum atomic E-state index is -0.364. The van der Waals surface area contributed by atoms with Crippen molar-refractivity contribution in [3.8, 4) is 0 Å². The van der Waals surface area contributed by atoms with Gasteiger partial charge in [-0.3, -0.25) is 4.79 Å². The average Bonchev–Trinajstić information content (AvgIpc) is 2.00. The van der Waals surface area contributed by atoms with Crippen LogP contribution < -0.4 is 5.32 Å². The van der Waals surface area contributed by atoms with Gasteiger partial charge in [-0.2, -0.15) is 0 Å². The summed E-state index contributed by atoms with van der Waals surface area (Å²) in [5.41, 5.74) is -0.364. The van der Waals surface area contributed by atoms with E-state index in [1.165, 1.54) is 6.54 Å². The van der Waals surface area contributed by atoms with Crippen LogP contribution in [0.4, 0.5) is 0 Å². The third kappa shape index (κ3) is 1.91. The van der Waals surface area contributed by atoms with Crippen molar-refractivity contribution in [2.24, 2.45) is 0 Å². The second-order valence-electron chi connectivity index (χ2n) is 5.06. The highest BCUT2D eigenvalue weighted by molar-refractivity contribution is 5.77. The Balaban J connectivity index is 2.10.